The fourth-order valence-electron chi connectivity index (χ4n) is 2.80. The summed E-state index contributed by atoms with van der Waals surface area (Å²) in [5.41, 5.74) is 2.08. The third kappa shape index (κ3) is 3.55. The minimum Gasteiger partial charge on any atom is -0.331 e. The highest BCUT2D eigenvalue weighted by Gasteiger charge is 2.24. The Morgan fingerprint density at radius 2 is 2.00 bits per heavy atom. The summed E-state index contributed by atoms with van der Waals surface area (Å²) in [6, 6.07) is 9.42. The third-order valence-electron chi connectivity index (χ3n) is 3.91. The normalized spacial score (nSPS) is 16.5. The number of hydrogen-bond donors (Lipinski definition) is 3. The predicted molar refractivity (Wildman–Crippen MR) is 87.4 cm³/mol. The van der Waals surface area contributed by atoms with Crippen LogP contribution in [0.15, 0.2) is 47.4 Å². The van der Waals surface area contributed by atoms with Crippen LogP contribution in [0.3, 0.4) is 0 Å². The zero-order chi connectivity index (χ0) is 17.3. The fraction of sp³-hybridized carbons (Fsp3) is 0.188. The summed E-state index contributed by atoms with van der Waals surface area (Å²) in [5.74, 6) is -0.344. The summed E-state index contributed by atoms with van der Waals surface area (Å²) in [6.07, 6.45) is 1.45. The molecule has 1 atom stereocenters. The van der Waals surface area contributed by atoms with E-state index in [0.717, 1.165) is 17.5 Å². The zero-order valence-corrected chi connectivity index (χ0v) is 13.4. The molecule has 0 heterocycles. The molecule has 1 aliphatic carbocycles. The van der Waals surface area contributed by atoms with Crippen LogP contribution in [-0.2, 0) is 16.4 Å². The second kappa shape index (κ2) is 6.21. The van der Waals surface area contributed by atoms with Crippen molar-refractivity contribution in [2.75, 3.05) is 5.32 Å². The van der Waals surface area contributed by atoms with Gasteiger partial charge >= 0.3 is 6.03 Å². The van der Waals surface area contributed by atoms with Crippen LogP contribution in [0.1, 0.15) is 23.6 Å². The maximum atomic E-state index is 13.4. The first-order chi connectivity index (χ1) is 11.3. The molecular formula is C16H16FN3O3S. The van der Waals surface area contributed by atoms with Gasteiger partial charge < -0.3 is 10.6 Å². The van der Waals surface area contributed by atoms with Gasteiger partial charge in [-0.3, -0.25) is 0 Å². The number of amides is 2. The van der Waals surface area contributed by atoms with Crippen LogP contribution in [-0.4, -0.2) is 14.4 Å². The number of fused-ring (bicyclic) bond motifs is 1. The fourth-order valence-corrected chi connectivity index (χ4v) is 3.36. The summed E-state index contributed by atoms with van der Waals surface area (Å²) >= 11 is 0. The van der Waals surface area contributed by atoms with Crippen molar-refractivity contribution in [1.82, 2.24) is 5.32 Å². The van der Waals surface area contributed by atoms with Crippen molar-refractivity contribution in [2.45, 2.75) is 23.8 Å². The van der Waals surface area contributed by atoms with Crippen molar-refractivity contribution in [3.8, 4) is 0 Å². The molecule has 0 fully saturated rings. The summed E-state index contributed by atoms with van der Waals surface area (Å²) in [4.78, 5) is 12.0. The molecule has 2 aromatic carbocycles. The van der Waals surface area contributed by atoms with Crippen LogP contribution >= 0.6 is 0 Å². The molecule has 6 nitrogen and oxygen atoms in total. The lowest BCUT2D eigenvalue weighted by atomic mass is 10.1. The number of rotatable bonds is 3. The van der Waals surface area contributed by atoms with E-state index in [4.69, 9.17) is 5.14 Å². The van der Waals surface area contributed by atoms with Gasteiger partial charge in [-0.05, 0) is 54.3 Å². The molecule has 126 valence electrons. The first-order valence-corrected chi connectivity index (χ1v) is 8.86. The number of anilines is 1. The summed E-state index contributed by atoms with van der Waals surface area (Å²) in [6.45, 7) is 0. The van der Waals surface area contributed by atoms with E-state index in [1.165, 1.54) is 30.3 Å². The Kier molecular flexibility index (Phi) is 4.25. The largest absolute Gasteiger partial charge is 0.331 e. The van der Waals surface area contributed by atoms with E-state index in [1.807, 2.05) is 0 Å². The van der Waals surface area contributed by atoms with Crippen LogP contribution in [0.5, 0.6) is 0 Å². The van der Waals surface area contributed by atoms with E-state index in [9.17, 15) is 17.6 Å². The van der Waals surface area contributed by atoms with E-state index in [1.54, 1.807) is 12.1 Å². The maximum absolute atomic E-state index is 13.4. The average Bonchev–Trinajstić information content (AvgIpc) is 2.89. The van der Waals surface area contributed by atoms with Gasteiger partial charge in [0.25, 0.3) is 0 Å². The van der Waals surface area contributed by atoms with E-state index in [0.29, 0.717) is 12.1 Å². The van der Waals surface area contributed by atoms with E-state index in [2.05, 4.69) is 10.6 Å². The lowest BCUT2D eigenvalue weighted by molar-refractivity contribution is 0.248. The number of urea groups is 1. The van der Waals surface area contributed by atoms with Gasteiger partial charge in [0.15, 0.2) is 0 Å². The number of halogens is 1. The molecule has 3 rings (SSSR count). The van der Waals surface area contributed by atoms with Gasteiger partial charge in [-0.15, -0.1) is 0 Å². The Balaban J connectivity index is 1.71. The maximum Gasteiger partial charge on any atom is 0.319 e. The highest BCUT2D eigenvalue weighted by molar-refractivity contribution is 7.89. The Bertz CT molecular complexity index is 899. The molecule has 0 spiro atoms. The van der Waals surface area contributed by atoms with Gasteiger partial charge in [0.05, 0.1) is 10.9 Å². The van der Waals surface area contributed by atoms with Crippen molar-refractivity contribution < 1.29 is 17.6 Å². The second-order valence-electron chi connectivity index (χ2n) is 5.61. The number of benzene rings is 2. The number of sulfonamides is 1. The molecule has 0 aliphatic heterocycles. The van der Waals surface area contributed by atoms with E-state index in [-0.39, 0.29) is 16.8 Å². The SMILES string of the molecule is NS(=O)(=O)c1cccc(NC(=O)NC2CCc3ccc(F)cc32)c1. The average molecular weight is 349 g/mol. The lowest BCUT2D eigenvalue weighted by Gasteiger charge is -2.15. The molecule has 0 saturated carbocycles. The monoisotopic (exact) mass is 349 g/mol. The number of carbonyl (C=O) groups is 1. The van der Waals surface area contributed by atoms with Crippen molar-refractivity contribution in [1.29, 1.82) is 0 Å². The van der Waals surface area contributed by atoms with Crippen LogP contribution < -0.4 is 15.8 Å². The number of hydrogen-bond acceptors (Lipinski definition) is 3. The van der Waals surface area contributed by atoms with Gasteiger partial charge in [-0.1, -0.05) is 12.1 Å². The van der Waals surface area contributed by atoms with Crippen LogP contribution in [0, 0.1) is 5.82 Å². The van der Waals surface area contributed by atoms with Crippen molar-refractivity contribution in [3.05, 3.63) is 59.4 Å². The Labute approximate surface area is 138 Å². The third-order valence-corrected chi connectivity index (χ3v) is 4.82. The lowest BCUT2D eigenvalue weighted by Crippen LogP contribution is -2.31. The number of carbonyl (C=O) groups excluding carboxylic acids is 1. The number of nitrogens with one attached hydrogen (secondary N) is 2. The topological polar surface area (TPSA) is 101 Å². The van der Waals surface area contributed by atoms with Gasteiger partial charge in [0.1, 0.15) is 5.82 Å². The molecule has 2 amide bonds. The minimum atomic E-state index is -3.84. The number of nitrogens with two attached hydrogens (primary N) is 1. The second-order valence-corrected chi connectivity index (χ2v) is 7.17. The van der Waals surface area contributed by atoms with E-state index >= 15 is 0 Å². The summed E-state index contributed by atoms with van der Waals surface area (Å²) in [7, 11) is -3.84. The number of aryl methyl sites for hydroxylation is 1. The van der Waals surface area contributed by atoms with Crippen molar-refractivity contribution >= 4 is 21.7 Å². The molecule has 0 bridgehead atoms. The highest BCUT2D eigenvalue weighted by atomic mass is 32.2. The van der Waals surface area contributed by atoms with Gasteiger partial charge in [-0.25, -0.2) is 22.7 Å². The summed E-state index contributed by atoms with van der Waals surface area (Å²) in [5, 5.41) is 10.4. The van der Waals surface area contributed by atoms with Crippen LogP contribution in [0.2, 0.25) is 0 Å². The Hall–Kier alpha value is -2.45. The first kappa shape index (κ1) is 16.4. The Morgan fingerprint density at radius 1 is 1.21 bits per heavy atom. The van der Waals surface area contributed by atoms with Gasteiger partial charge in [0.2, 0.25) is 10.0 Å². The minimum absolute atomic E-state index is 0.0893. The summed E-state index contributed by atoms with van der Waals surface area (Å²) < 4.78 is 36.0. The smallest absolute Gasteiger partial charge is 0.319 e. The molecular weight excluding hydrogens is 333 g/mol. The molecule has 24 heavy (non-hydrogen) atoms. The van der Waals surface area contributed by atoms with Crippen molar-refractivity contribution in [2.24, 2.45) is 5.14 Å². The molecule has 2 aromatic rings. The van der Waals surface area contributed by atoms with Gasteiger partial charge in [-0.2, -0.15) is 0 Å². The predicted octanol–water partition coefficient (Wildman–Crippen LogP) is 2.28. The van der Waals surface area contributed by atoms with E-state index < -0.39 is 16.1 Å². The zero-order valence-electron chi connectivity index (χ0n) is 12.6. The Morgan fingerprint density at radius 3 is 2.75 bits per heavy atom. The molecule has 1 aliphatic rings. The van der Waals surface area contributed by atoms with Crippen LogP contribution in [0.4, 0.5) is 14.9 Å². The molecule has 1 unspecified atom stereocenters. The highest BCUT2D eigenvalue weighted by Crippen LogP contribution is 2.31. The standard InChI is InChI=1S/C16H16FN3O3S/c17-11-6-4-10-5-7-15(14(10)8-11)20-16(21)19-12-2-1-3-13(9-12)24(18,22)23/h1-4,6,8-9,15H,5,7H2,(H2,18,22,23)(H2,19,20,21). The molecule has 8 heteroatoms. The van der Waals surface area contributed by atoms with Crippen LogP contribution in [0.25, 0.3) is 0 Å². The molecule has 0 saturated heterocycles. The quantitative estimate of drug-likeness (QED) is 0.792. The molecule has 0 aromatic heterocycles. The molecule has 4 N–H and O–H groups in total. The first-order valence-electron chi connectivity index (χ1n) is 7.31. The molecule has 0 radical (unpaired) electrons. The number of primary sulfonamides is 1. The van der Waals surface area contributed by atoms with Gasteiger partial charge in [0, 0.05) is 5.69 Å². The van der Waals surface area contributed by atoms with Crippen molar-refractivity contribution in [3.63, 3.8) is 0 Å².